The van der Waals surface area contributed by atoms with Crippen molar-refractivity contribution in [2.45, 2.75) is 0 Å². The predicted molar refractivity (Wildman–Crippen MR) is 43.6 cm³/mol. The number of hydrogen-bond acceptors (Lipinski definition) is 2. The quantitative estimate of drug-likeness (QED) is 0.525. The monoisotopic (exact) mass is 221 g/mol. The molecule has 0 heterocycles. The highest BCUT2D eigenvalue weighted by molar-refractivity contribution is 9.09. The van der Waals surface area contributed by atoms with Gasteiger partial charge in [-0.05, 0) is 0 Å². The third-order valence-electron chi connectivity index (χ3n) is 0.799. The largest absolute Gasteiger partial charge is 0.478 e. The van der Waals surface area contributed by atoms with Crippen molar-refractivity contribution in [3.63, 3.8) is 0 Å². The molecule has 0 atom stereocenters. The maximum atomic E-state index is 10.5. The van der Waals surface area contributed by atoms with Crippen LogP contribution in [-0.2, 0) is 9.59 Å². The van der Waals surface area contributed by atoms with E-state index < -0.39 is 5.97 Å². The number of halogens is 1. The predicted octanol–water partition coefficient (Wildman–Crippen LogP) is 0.138. The SMILES string of the molecule is O=C(O)C=CCNC(=O)CBr. The number of carboxylic acid groups (broad SMARTS) is 1. The van der Waals surface area contributed by atoms with E-state index in [4.69, 9.17) is 5.11 Å². The molecule has 0 fully saturated rings. The first-order valence-electron chi connectivity index (χ1n) is 2.89. The summed E-state index contributed by atoms with van der Waals surface area (Å²) in [4.78, 5) is 20.4. The first kappa shape index (κ1) is 10.2. The Morgan fingerprint density at radius 1 is 1.55 bits per heavy atom. The lowest BCUT2D eigenvalue weighted by Crippen LogP contribution is -2.24. The fraction of sp³-hybridized carbons (Fsp3) is 0.333. The molecular formula is C6H8BrNO3. The van der Waals surface area contributed by atoms with Crippen molar-refractivity contribution < 1.29 is 14.7 Å². The van der Waals surface area contributed by atoms with Crippen LogP contribution >= 0.6 is 15.9 Å². The Morgan fingerprint density at radius 3 is 2.64 bits per heavy atom. The number of alkyl halides is 1. The highest BCUT2D eigenvalue weighted by Crippen LogP contribution is 1.78. The van der Waals surface area contributed by atoms with Crippen LogP contribution in [0, 0.1) is 0 Å². The Hall–Kier alpha value is -0.840. The van der Waals surface area contributed by atoms with E-state index in [0.717, 1.165) is 6.08 Å². The molecule has 0 spiro atoms. The summed E-state index contributed by atoms with van der Waals surface area (Å²) >= 11 is 2.94. The van der Waals surface area contributed by atoms with Crippen molar-refractivity contribution in [1.29, 1.82) is 0 Å². The minimum atomic E-state index is -1.02. The molecule has 0 radical (unpaired) electrons. The number of carbonyl (C=O) groups excluding carboxylic acids is 1. The molecule has 0 aliphatic heterocycles. The van der Waals surface area contributed by atoms with Crippen molar-refractivity contribution >= 4 is 27.8 Å². The van der Waals surface area contributed by atoms with Gasteiger partial charge in [-0.3, -0.25) is 4.79 Å². The molecule has 0 aromatic rings. The average molecular weight is 222 g/mol. The van der Waals surface area contributed by atoms with Crippen LogP contribution in [0.2, 0.25) is 0 Å². The summed E-state index contributed by atoms with van der Waals surface area (Å²) in [5.74, 6) is -1.18. The van der Waals surface area contributed by atoms with E-state index >= 15 is 0 Å². The van der Waals surface area contributed by atoms with Gasteiger partial charge in [0, 0.05) is 12.6 Å². The lowest BCUT2D eigenvalue weighted by molar-refractivity contribution is -0.131. The normalized spacial score (nSPS) is 9.91. The molecule has 4 nitrogen and oxygen atoms in total. The van der Waals surface area contributed by atoms with Crippen LogP contribution in [0.15, 0.2) is 12.2 Å². The van der Waals surface area contributed by atoms with Crippen LogP contribution in [0.4, 0.5) is 0 Å². The number of rotatable bonds is 4. The molecule has 0 aliphatic carbocycles. The highest BCUT2D eigenvalue weighted by atomic mass is 79.9. The third kappa shape index (κ3) is 7.05. The molecule has 0 aliphatic rings. The van der Waals surface area contributed by atoms with E-state index in [9.17, 15) is 9.59 Å². The number of hydrogen-bond donors (Lipinski definition) is 2. The first-order valence-corrected chi connectivity index (χ1v) is 4.01. The summed E-state index contributed by atoms with van der Waals surface area (Å²) < 4.78 is 0. The Labute approximate surface area is 72.4 Å². The van der Waals surface area contributed by atoms with E-state index in [1.807, 2.05) is 0 Å². The molecule has 0 unspecified atom stereocenters. The van der Waals surface area contributed by atoms with Gasteiger partial charge < -0.3 is 10.4 Å². The molecule has 0 aromatic heterocycles. The molecular weight excluding hydrogens is 214 g/mol. The molecule has 0 saturated carbocycles. The molecule has 0 rings (SSSR count). The highest BCUT2D eigenvalue weighted by Gasteiger charge is 1.92. The van der Waals surface area contributed by atoms with Gasteiger partial charge in [0.15, 0.2) is 0 Å². The smallest absolute Gasteiger partial charge is 0.328 e. The van der Waals surface area contributed by atoms with Gasteiger partial charge in [-0.15, -0.1) is 0 Å². The lowest BCUT2D eigenvalue weighted by atomic mass is 10.5. The Balaban J connectivity index is 3.41. The number of aliphatic carboxylic acids is 1. The summed E-state index contributed by atoms with van der Waals surface area (Å²) in [6.45, 7) is 0.247. The van der Waals surface area contributed by atoms with E-state index in [-0.39, 0.29) is 17.8 Å². The standard InChI is InChI=1S/C6H8BrNO3/c7-4-5(9)8-3-1-2-6(10)11/h1-2H,3-4H2,(H,8,9)(H,10,11). The fourth-order valence-corrected chi connectivity index (χ4v) is 0.578. The number of carboxylic acids is 1. The van der Waals surface area contributed by atoms with Crippen LogP contribution in [0.1, 0.15) is 0 Å². The van der Waals surface area contributed by atoms with Gasteiger partial charge >= 0.3 is 5.97 Å². The average Bonchev–Trinajstić information content (AvgIpc) is 1.97. The van der Waals surface area contributed by atoms with Crippen molar-refractivity contribution in [3.05, 3.63) is 12.2 Å². The van der Waals surface area contributed by atoms with Crippen molar-refractivity contribution in [2.24, 2.45) is 0 Å². The summed E-state index contributed by atoms with van der Waals surface area (Å²) in [6, 6.07) is 0. The summed E-state index contributed by atoms with van der Waals surface area (Å²) in [5.41, 5.74) is 0. The number of amides is 1. The molecule has 11 heavy (non-hydrogen) atoms. The molecule has 0 bridgehead atoms. The number of nitrogens with one attached hydrogen (secondary N) is 1. The molecule has 2 N–H and O–H groups in total. The third-order valence-corrected chi connectivity index (χ3v) is 1.31. The topological polar surface area (TPSA) is 66.4 Å². The van der Waals surface area contributed by atoms with E-state index in [2.05, 4.69) is 21.2 Å². The van der Waals surface area contributed by atoms with Crippen LogP contribution in [0.3, 0.4) is 0 Å². The molecule has 1 amide bonds. The maximum absolute atomic E-state index is 10.5. The van der Waals surface area contributed by atoms with Crippen LogP contribution < -0.4 is 5.32 Å². The second-order valence-corrected chi connectivity index (χ2v) is 2.24. The van der Waals surface area contributed by atoms with Crippen LogP contribution in [0.5, 0.6) is 0 Å². The summed E-state index contributed by atoms with van der Waals surface area (Å²) in [6.07, 6.45) is 2.34. The summed E-state index contributed by atoms with van der Waals surface area (Å²) in [5, 5.41) is 10.8. The van der Waals surface area contributed by atoms with E-state index in [0.29, 0.717) is 0 Å². The maximum Gasteiger partial charge on any atom is 0.328 e. The van der Waals surface area contributed by atoms with E-state index in [1.54, 1.807) is 0 Å². The zero-order valence-corrected chi connectivity index (χ0v) is 7.30. The summed E-state index contributed by atoms with van der Waals surface area (Å²) in [7, 11) is 0. The zero-order valence-electron chi connectivity index (χ0n) is 5.71. The Morgan fingerprint density at radius 2 is 2.18 bits per heavy atom. The van der Waals surface area contributed by atoms with Crippen molar-refractivity contribution in [2.75, 3.05) is 11.9 Å². The fourth-order valence-electron chi connectivity index (χ4n) is 0.380. The van der Waals surface area contributed by atoms with Gasteiger partial charge in [0.2, 0.25) is 5.91 Å². The van der Waals surface area contributed by atoms with Crippen molar-refractivity contribution in [3.8, 4) is 0 Å². The Bertz CT molecular complexity index is 179. The van der Waals surface area contributed by atoms with Crippen molar-refractivity contribution in [1.82, 2.24) is 5.32 Å². The molecule has 0 saturated heterocycles. The minimum absolute atomic E-state index is 0.167. The van der Waals surface area contributed by atoms with E-state index in [1.165, 1.54) is 6.08 Å². The van der Waals surface area contributed by atoms with Gasteiger partial charge in [-0.1, -0.05) is 22.0 Å². The van der Waals surface area contributed by atoms with Gasteiger partial charge in [-0.25, -0.2) is 4.79 Å². The number of carbonyl (C=O) groups is 2. The van der Waals surface area contributed by atoms with Crippen LogP contribution in [-0.4, -0.2) is 28.9 Å². The Kier molecular flexibility index (Phi) is 5.46. The molecule has 5 heteroatoms. The minimum Gasteiger partial charge on any atom is -0.478 e. The molecule has 62 valence electrons. The lowest BCUT2D eigenvalue weighted by Gasteiger charge is -1.95. The first-order chi connectivity index (χ1) is 5.16. The zero-order chi connectivity index (χ0) is 8.69. The van der Waals surface area contributed by atoms with Gasteiger partial charge in [0.1, 0.15) is 0 Å². The van der Waals surface area contributed by atoms with Gasteiger partial charge in [0.25, 0.3) is 0 Å². The van der Waals surface area contributed by atoms with Crippen LogP contribution in [0.25, 0.3) is 0 Å². The molecule has 0 aromatic carbocycles. The van der Waals surface area contributed by atoms with Gasteiger partial charge in [-0.2, -0.15) is 0 Å². The second-order valence-electron chi connectivity index (χ2n) is 1.68. The van der Waals surface area contributed by atoms with Gasteiger partial charge in [0.05, 0.1) is 5.33 Å². The second kappa shape index (κ2) is 5.91.